The van der Waals surface area contributed by atoms with Crippen molar-refractivity contribution in [3.05, 3.63) is 87.6 Å². The molecule has 0 spiro atoms. The summed E-state index contributed by atoms with van der Waals surface area (Å²) in [5, 5.41) is 13.8. The van der Waals surface area contributed by atoms with E-state index < -0.39 is 52.6 Å². The van der Waals surface area contributed by atoms with Gasteiger partial charge in [-0.3, -0.25) is 14.4 Å². The van der Waals surface area contributed by atoms with Gasteiger partial charge in [-0.2, -0.15) is 13.2 Å². The van der Waals surface area contributed by atoms with Crippen LogP contribution in [-0.2, 0) is 15.8 Å². The van der Waals surface area contributed by atoms with Crippen molar-refractivity contribution in [1.29, 1.82) is 0 Å². The van der Waals surface area contributed by atoms with Crippen molar-refractivity contribution >= 4 is 22.7 Å². The van der Waals surface area contributed by atoms with Gasteiger partial charge in [-0.05, 0) is 68.3 Å². The molecule has 2 aromatic carbocycles. The second-order valence-corrected chi connectivity index (χ2v) is 11.3. The smallest absolute Gasteiger partial charge is 0.424 e. The molecule has 2 aliphatic rings. The summed E-state index contributed by atoms with van der Waals surface area (Å²) < 4.78 is 69.4. The number of hydrogen-bond acceptors (Lipinski definition) is 7. The quantitative estimate of drug-likeness (QED) is 0.218. The topological polar surface area (TPSA) is 157 Å². The molecule has 1 aliphatic carbocycles. The number of aromatic amines is 1. The Hall–Kier alpha value is -4.98. The summed E-state index contributed by atoms with van der Waals surface area (Å²) in [5.41, 5.74) is -0.953. The number of nitrogens with one attached hydrogen (secondary N) is 2. The predicted molar refractivity (Wildman–Crippen MR) is 152 cm³/mol. The Balaban J connectivity index is 1.40. The number of amides is 2. The molecular formula is C31H26F4N4O6. The van der Waals surface area contributed by atoms with E-state index in [9.17, 15) is 37.1 Å². The SMILES string of the molecule is C[C@]1(C(N)=O)COc2c1cc(C(O)(CNC(=O)c1cc(OC3CC3)c3[nH]c(=O)ccc3c1)C(F)(F)F)nc2-c1ccc(F)cc1. The second-order valence-electron chi connectivity index (χ2n) is 11.3. The van der Waals surface area contributed by atoms with Crippen molar-refractivity contribution in [1.82, 2.24) is 15.3 Å². The first-order valence-electron chi connectivity index (χ1n) is 13.9. The monoisotopic (exact) mass is 626 g/mol. The molecule has 3 heterocycles. The van der Waals surface area contributed by atoms with Crippen LogP contribution in [0.25, 0.3) is 22.2 Å². The Bertz CT molecular complexity index is 1910. The molecule has 1 unspecified atom stereocenters. The van der Waals surface area contributed by atoms with Gasteiger partial charge in [0.15, 0.2) is 0 Å². The van der Waals surface area contributed by atoms with E-state index in [1.54, 1.807) is 0 Å². The maximum absolute atomic E-state index is 14.7. The predicted octanol–water partition coefficient (Wildman–Crippen LogP) is 3.59. The minimum absolute atomic E-state index is 0.0439. The molecule has 45 heavy (non-hydrogen) atoms. The number of H-pyrrole nitrogens is 1. The Morgan fingerprint density at radius 2 is 1.87 bits per heavy atom. The summed E-state index contributed by atoms with van der Waals surface area (Å²) in [7, 11) is 0. The number of aliphatic hydroxyl groups is 1. The molecule has 0 saturated heterocycles. The van der Waals surface area contributed by atoms with Crippen LogP contribution in [0, 0.1) is 5.82 Å². The first kappa shape index (κ1) is 30.1. The molecule has 5 N–H and O–H groups in total. The van der Waals surface area contributed by atoms with Crippen LogP contribution in [0.4, 0.5) is 17.6 Å². The average molecular weight is 627 g/mol. The Labute approximate surface area is 252 Å². The third kappa shape index (κ3) is 5.35. The molecular weight excluding hydrogens is 600 g/mol. The van der Waals surface area contributed by atoms with Crippen LogP contribution in [0.5, 0.6) is 11.5 Å². The number of rotatable bonds is 8. The third-order valence-electron chi connectivity index (χ3n) is 8.01. The van der Waals surface area contributed by atoms with Crippen LogP contribution in [0.15, 0.2) is 59.4 Å². The molecule has 4 aromatic rings. The first-order valence-corrected chi connectivity index (χ1v) is 13.9. The van der Waals surface area contributed by atoms with Crippen LogP contribution < -0.4 is 26.1 Å². The number of alkyl halides is 3. The molecule has 2 aromatic heterocycles. The molecule has 1 aliphatic heterocycles. The normalized spacial score (nSPS) is 19.0. The van der Waals surface area contributed by atoms with E-state index in [1.165, 1.54) is 43.3 Å². The molecule has 2 atom stereocenters. The van der Waals surface area contributed by atoms with Crippen LogP contribution in [0.2, 0.25) is 0 Å². The first-order chi connectivity index (χ1) is 21.2. The van der Waals surface area contributed by atoms with Gasteiger partial charge in [-0.1, -0.05) is 0 Å². The molecule has 2 amide bonds. The van der Waals surface area contributed by atoms with Crippen molar-refractivity contribution in [3.8, 4) is 22.8 Å². The lowest BCUT2D eigenvalue weighted by atomic mass is 9.81. The number of carbonyl (C=O) groups excluding carboxylic acids is 2. The van der Waals surface area contributed by atoms with Crippen molar-refractivity contribution in [3.63, 3.8) is 0 Å². The van der Waals surface area contributed by atoms with E-state index in [2.05, 4.69) is 15.3 Å². The molecule has 10 nitrogen and oxygen atoms in total. The number of aromatic nitrogens is 2. The van der Waals surface area contributed by atoms with E-state index in [0.29, 0.717) is 10.9 Å². The number of nitrogens with two attached hydrogens (primary N) is 1. The Morgan fingerprint density at radius 1 is 1.16 bits per heavy atom. The summed E-state index contributed by atoms with van der Waals surface area (Å²) in [6, 6.07) is 10.9. The number of benzene rings is 2. The molecule has 6 rings (SSSR count). The molecule has 1 fully saturated rings. The van der Waals surface area contributed by atoms with Gasteiger partial charge < -0.3 is 30.6 Å². The molecule has 234 valence electrons. The van der Waals surface area contributed by atoms with E-state index in [0.717, 1.165) is 31.0 Å². The fourth-order valence-corrected chi connectivity index (χ4v) is 5.07. The molecule has 0 bridgehead atoms. The van der Waals surface area contributed by atoms with Gasteiger partial charge in [0.25, 0.3) is 5.91 Å². The fraction of sp³-hybridized carbons (Fsp3) is 0.290. The largest absolute Gasteiger partial charge is 0.489 e. The van der Waals surface area contributed by atoms with Gasteiger partial charge in [-0.15, -0.1) is 0 Å². The van der Waals surface area contributed by atoms with Gasteiger partial charge in [0, 0.05) is 28.1 Å². The molecule has 0 radical (unpaired) electrons. The lowest BCUT2D eigenvalue weighted by Crippen LogP contribution is -2.51. The fourth-order valence-electron chi connectivity index (χ4n) is 5.07. The summed E-state index contributed by atoms with van der Waals surface area (Å²) >= 11 is 0. The molecule has 1 saturated carbocycles. The van der Waals surface area contributed by atoms with Crippen molar-refractivity contribution in [2.45, 2.75) is 43.1 Å². The van der Waals surface area contributed by atoms with Crippen molar-refractivity contribution in [2.75, 3.05) is 13.2 Å². The summed E-state index contributed by atoms with van der Waals surface area (Å²) in [6.45, 7) is -0.306. The summed E-state index contributed by atoms with van der Waals surface area (Å²) in [5.74, 6) is -2.35. The number of pyridine rings is 2. The van der Waals surface area contributed by atoms with E-state index in [-0.39, 0.29) is 46.6 Å². The maximum atomic E-state index is 14.7. The van der Waals surface area contributed by atoms with Gasteiger partial charge in [-0.25, -0.2) is 9.37 Å². The van der Waals surface area contributed by atoms with Gasteiger partial charge in [0.05, 0.1) is 23.9 Å². The van der Waals surface area contributed by atoms with Gasteiger partial charge >= 0.3 is 6.18 Å². The highest BCUT2D eigenvalue weighted by Crippen LogP contribution is 2.47. The molecule has 14 heteroatoms. The summed E-state index contributed by atoms with van der Waals surface area (Å²) in [4.78, 5) is 44.3. The number of fused-ring (bicyclic) bond motifs is 2. The van der Waals surface area contributed by atoms with Crippen LogP contribution >= 0.6 is 0 Å². The number of carbonyl (C=O) groups is 2. The zero-order valence-electron chi connectivity index (χ0n) is 23.6. The van der Waals surface area contributed by atoms with E-state index in [1.807, 2.05) is 0 Å². The number of hydrogen-bond donors (Lipinski definition) is 4. The van der Waals surface area contributed by atoms with E-state index in [4.69, 9.17) is 15.2 Å². The Kier molecular flexibility index (Phi) is 7.07. The highest BCUT2D eigenvalue weighted by molar-refractivity contribution is 6.00. The van der Waals surface area contributed by atoms with Crippen molar-refractivity contribution < 1.29 is 41.7 Å². The maximum Gasteiger partial charge on any atom is 0.424 e. The highest BCUT2D eigenvalue weighted by Gasteiger charge is 2.57. The van der Waals surface area contributed by atoms with Crippen LogP contribution in [-0.4, -0.2) is 52.3 Å². The number of nitrogens with zero attached hydrogens (tertiary/aromatic N) is 1. The third-order valence-corrected chi connectivity index (χ3v) is 8.01. The minimum atomic E-state index is -5.38. The number of halogens is 4. The average Bonchev–Trinajstić information content (AvgIpc) is 3.75. The van der Waals surface area contributed by atoms with Gasteiger partial charge in [0.1, 0.15) is 35.0 Å². The minimum Gasteiger partial charge on any atom is -0.489 e. The lowest BCUT2D eigenvalue weighted by molar-refractivity contribution is -0.265. The zero-order chi connectivity index (χ0) is 32.3. The number of primary amides is 1. The second kappa shape index (κ2) is 10.6. The highest BCUT2D eigenvalue weighted by atomic mass is 19.4. The van der Waals surface area contributed by atoms with E-state index >= 15 is 0 Å². The van der Waals surface area contributed by atoms with Crippen LogP contribution in [0.1, 0.15) is 41.4 Å². The van der Waals surface area contributed by atoms with Crippen molar-refractivity contribution in [2.24, 2.45) is 5.73 Å². The Morgan fingerprint density at radius 3 is 2.51 bits per heavy atom. The number of ether oxygens (including phenoxy) is 2. The summed E-state index contributed by atoms with van der Waals surface area (Å²) in [6.07, 6.45) is -3.97. The zero-order valence-corrected chi connectivity index (χ0v) is 23.6. The van der Waals surface area contributed by atoms with Gasteiger partial charge in [0.2, 0.25) is 17.1 Å². The van der Waals surface area contributed by atoms with Crippen LogP contribution in [0.3, 0.4) is 0 Å². The lowest BCUT2D eigenvalue weighted by Gasteiger charge is -2.31. The standard InChI is InChI=1S/C31H26F4N4O6/c1-29(28(36)42)14-44-26-20(29)12-22(38-25(26)15-2-5-18(32)6-3-15)30(43,31(33,34)35)13-37-27(41)17-10-16-4-9-23(40)39-24(16)21(11-17)45-19-7-8-19/h2-6,9-12,19,43H,7-8,13-14H2,1H3,(H2,36,42)(H,37,41)(H,39,40)/t29-,30?/m0/s1.